The molecule has 9 nitrogen and oxygen atoms in total. The van der Waals surface area contributed by atoms with Gasteiger partial charge >= 0.3 is 0 Å². The van der Waals surface area contributed by atoms with E-state index in [2.05, 4.69) is 5.32 Å². The van der Waals surface area contributed by atoms with E-state index in [-0.39, 0.29) is 22.7 Å². The largest absolute Gasteiger partial charge is 0.497 e. The summed E-state index contributed by atoms with van der Waals surface area (Å²) < 4.78 is 10.0. The molecule has 5 rings (SSSR count). The van der Waals surface area contributed by atoms with Crippen LogP contribution in [0, 0.1) is 6.92 Å². The van der Waals surface area contributed by atoms with Crippen LogP contribution in [0.4, 0.5) is 5.69 Å². The summed E-state index contributed by atoms with van der Waals surface area (Å²) >= 11 is 1.14. The molecule has 2 aromatic heterocycles. The Bertz CT molecular complexity index is 1810. The smallest absolute Gasteiger partial charge is 0.295 e. The van der Waals surface area contributed by atoms with E-state index < -0.39 is 5.25 Å². The number of hydrogen-bond donors (Lipinski definition) is 1. The predicted molar refractivity (Wildman–Crippen MR) is 154 cm³/mol. The average Bonchev–Trinajstić information content (AvgIpc) is 3.16. The molecule has 0 saturated heterocycles. The van der Waals surface area contributed by atoms with Crippen LogP contribution < -0.4 is 21.2 Å². The molecule has 0 spiro atoms. The highest BCUT2D eigenvalue weighted by Crippen LogP contribution is 2.27. The first-order chi connectivity index (χ1) is 18.8. The molecule has 0 saturated carbocycles. The van der Waals surface area contributed by atoms with Gasteiger partial charge in [0, 0.05) is 13.1 Å². The lowest BCUT2D eigenvalue weighted by atomic mass is 10.2. The van der Waals surface area contributed by atoms with Gasteiger partial charge in [-0.3, -0.25) is 23.6 Å². The van der Waals surface area contributed by atoms with Crippen LogP contribution >= 0.6 is 11.8 Å². The molecule has 0 radical (unpaired) electrons. The first-order valence-corrected chi connectivity index (χ1v) is 13.2. The second-order valence-electron chi connectivity index (χ2n) is 8.94. The van der Waals surface area contributed by atoms with Crippen molar-refractivity contribution in [3.63, 3.8) is 0 Å². The van der Waals surface area contributed by atoms with Crippen molar-refractivity contribution >= 4 is 34.3 Å². The predicted octanol–water partition coefficient (Wildman–Crippen LogP) is 4.31. The first-order valence-electron chi connectivity index (χ1n) is 12.3. The summed E-state index contributed by atoms with van der Waals surface area (Å²) in [7, 11) is 3.32. The number of methoxy groups -OCH3 is 1. The minimum absolute atomic E-state index is 0.204. The van der Waals surface area contributed by atoms with Gasteiger partial charge < -0.3 is 10.1 Å². The lowest BCUT2D eigenvalue weighted by molar-refractivity contribution is -0.115. The zero-order valence-corrected chi connectivity index (χ0v) is 22.7. The summed E-state index contributed by atoms with van der Waals surface area (Å²) in [6.07, 6.45) is 0. The highest BCUT2D eigenvalue weighted by atomic mass is 32.2. The van der Waals surface area contributed by atoms with E-state index >= 15 is 0 Å². The summed E-state index contributed by atoms with van der Waals surface area (Å²) in [6.45, 7) is 3.49. The maximum Gasteiger partial charge on any atom is 0.295 e. The minimum Gasteiger partial charge on any atom is -0.497 e. The standard InChI is InChI=1S/C29H27N5O4S/c1-18-25(28(37)34(32(18)3)20-11-6-5-7-12-20)31-26(35)19(2)39-29-30-24-16-9-8-15-23(24)27(36)33(29)21-13-10-14-22(17-21)38-4/h5-17,19H,1-4H3,(H,31,35). The van der Waals surface area contributed by atoms with E-state index in [0.29, 0.717) is 38.9 Å². The maximum atomic E-state index is 13.6. The fraction of sp³-hybridized carbons (Fsp3) is 0.172. The number of nitrogens with zero attached hydrogens (tertiary/aromatic N) is 4. The van der Waals surface area contributed by atoms with Crippen molar-refractivity contribution < 1.29 is 9.53 Å². The number of thioether (sulfide) groups is 1. The number of fused-ring (bicyclic) bond motifs is 1. The molecular formula is C29H27N5O4S. The Morgan fingerprint density at radius 1 is 0.949 bits per heavy atom. The molecule has 1 N–H and O–H groups in total. The highest BCUT2D eigenvalue weighted by molar-refractivity contribution is 8.00. The normalized spacial score (nSPS) is 11.9. The van der Waals surface area contributed by atoms with Gasteiger partial charge in [-0.15, -0.1) is 0 Å². The summed E-state index contributed by atoms with van der Waals surface area (Å²) in [5.74, 6) is 0.203. The summed E-state index contributed by atoms with van der Waals surface area (Å²) in [5, 5.41) is 2.94. The number of amides is 1. The number of carbonyl (C=O) groups excluding carboxylic acids is 1. The van der Waals surface area contributed by atoms with Crippen molar-refractivity contribution in [2.75, 3.05) is 12.4 Å². The van der Waals surface area contributed by atoms with Gasteiger partial charge in [-0.25, -0.2) is 9.67 Å². The van der Waals surface area contributed by atoms with Crippen molar-refractivity contribution in [3.05, 3.63) is 105 Å². The third kappa shape index (κ3) is 4.86. The third-order valence-corrected chi connectivity index (χ3v) is 7.56. The van der Waals surface area contributed by atoms with Gasteiger partial charge in [0.25, 0.3) is 11.1 Å². The molecule has 0 aliphatic heterocycles. The van der Waals surface area contributed by atoms with Gasteiger partial charge in [0.2, 0.25) is 5.91 Å². The molecule has 1 unspecified atom stereocenters. The van der Waals surface area contributed by atoms with Crippen molar-refractivity contribution in [2.24, 2.45) is 7.05 Å². The number of carbonyl (C=O) groups is 1. The molecule has 1 atom stereocenters. The van der Waals surface area contributed by atoms with Gasteiger partial charge in [0.15, 0.2) is 5.16 Å². The van der Waals surface area contributed by atoms with Crippen LogP contribution in [0.3, 0.4) is 0 Å². The fourth-order valence-electron chi connectivity index (χ4n) is 4.32. The number of benzene rings is 3. The Labute approximate surface area is 228 Å². The molecule has 0 aliphatic rings. The number of nitrogens with one attached hydrogen (secondary N) is 1. The molecule has 198 valence electrons. The number of ether oxygens (including phenoxy) is 1. The van der Waals surface area contributed by atoms with E-state index in [0.717, 1.165) is 11.8 Å². The van der Waals surface area contributed by atoms with Gasteiger partial charge in [0.1, 0.15) is 11.4 Å². The van der Waals surface area contributed by atoms with Crippen molar-refractivity contribution in [1.29, 1.82) is 0 Å². The van der Waals surface area contributed by atoms with Crippen molar-refractivity contribution in [3.8, 4) is 17.1 Å². The third-order valence-electron chi connectivity index (χ3n) is 6.51. The van der Waals surface area contributed by atoms with Crippen LogP contribution in [-0.4, -0.2) is 37.2 Å². The molecule has 0 bridgehead atoms. The van der Waals surface area contributed by atoms with Crippen LogP contribution in [0.2, 0.25) is 0 Å². The van der Waals surface area contributed by atoms with Crippen LogP contribution in [0.25, 0.3) is 22.3 Å². The number of aromatic nitrogens is 4. The molecule has 39 heavy (non-hydrogen) atoms. The van der Waals surface area contributed by atoms with Crippen LogP contribution in [-0.2, 0) is 11.8 Å². The van der Waals surface area contributed by atoms with Crippen LogP contribution in [0.5, 0.6) is 5.75 Å². The van der Waals surface area contributed by atoms with Gasteiger partial charge in [-0.2, -0.15) is 0 Å². The molecule has 1 amide bonds. The molecule has 5 aromatic rings. The van der Waals surface area contributed by atoms with Gasteiger partial charge in [0.05, 0.1) is 40.3 Å². The van der Waals surface area contributed by atoms with Crippen LogP contribution in [0.1, 0.15) is 12.6 Å². The lowest BCUT2D eigenvalue weighted by Crippen LogP contribution is -2.28. The molecule has 10 heteroatoms. The average molecular weight is 542 g/mol. The maximum absolute atomic E-state index is 13.6. The fourth-order valence-corrected chi connectivity index (χ4v) is 5.24. The van der Waals surface area contributed by atoms with E-state index in [4.69, 9.17) is 9.72 Å². The second-order valence-corrected chi connectivity index (χ2v) is 10.2. The number of rotatable bonds is 7. The van der Waals surface area contributed by atoms with Crippen molar-refractivity contribution in [2.45, 2.75) is 24.3 Å². The van der Waals surface area contributed by atoms with Crippen LogP contribution in [0.15, 0.2) is 93.6 Å². The van der Waals surface area contributed by atoms with Gasteiger partial charge in [-0.05, 0) is 50.2 Å². The lowest BCUT2D eigenvalue weighted by Gasteiger charge is -2.16. The Hall–Kier alpha value is -4.57. The Morgan fingerprint density at radius 3 is 2.38 bits per heavy atom. The van der Waals surface area contributed by atoms with Gasteiger partial charge in [-0.1, -0.05) is 48.2 Å². The van der Waals surface area contributed by atoms with Crippen molar-refractivity contribution in [1.82, 2.24) is 18.9 Å². The number of hydrogen-bond acceptors (Lipinski definition) is 6. The van der Waals surface area contributed by atoms with E-state index in [1.807, 2.05) is 36.4 Å². The highest BCUT2D eigenvalue weighted by Gasteiger charge is 2.24. The molecule has 0 fully saturated rings. The zero-order valence-electron chi connectivity index (χ0n) is 21.9. The molecular weight excluding hydrogens is 514 g/mol. The Morgan fingerprint density at radius 2 is 1.64 bits per heavy atom. The molecule has 0 aliphatic carbocycles. The SMILES string of the molecule is COc1cccc(-n2c(SC(C)C(=O)Nc3c(C)n(C)n(-c4ccccc4)c3=O)nc3ccccc3c2=O)c1. The van der Waals surface area contributed by atoms with E-state index in [9.17, 15) is 14.4 Å². The topological polar surface area (TPSA) is 100 Å². The number of anilines is 1. The Kier molecular flexibility index (Phi) is 7.12. The monoisotopic (exact) mass is 541 g/mol. The minimum atomic E-state index is -0.681. The molecule has 3 aromatic carbocycles. The summed E-state index contributed by atoms with van der Waals surface area (Å²) in [6, 6.07) is 23.4. The second kappa shape index (κ2) is 10.7. The quantitative estimate of drug-likeness (QED) is 0.244. The summed E-state index contributed by atoms with van der Waals surface area (Å²) in [5.41, 5.74) is 2.02. The first kappa shape index (κ1) is 26.1. The molecule has 2 heterocycles. The van der Waals surface area contributed by atoms with E-state index in [1.165, 1.54) is 9.25 Å². The van der Waals surface area contributed by atoms with E-state index in [1.54, 1.807) is 75.2 Å². The zero-order chi connectivity index (χ0) is 27.7. The summed E-state index contributed by atoms with van der Waals surface area (Å²) in [4.78, 5) is 44.9. The Balaban J connectivity index is 1.50. The number of para-hydroxylation sites is 2.